The molecule has 0 aromatic carbocycles. The van der Waals surface area contributed by atoms with Crippen molar-refractivity contribution in [2.75, 3.05) is 6.54 Å². The van der Waals surface area contributed by atoms with Crippen LogP contribution in [0.4, 0.5) is 0 Å². The molecule has 1 amide bonds. The van der Waals surface area contributed by atoms with E-state index in [1.54, 1.807) is 6.20 Å². The summed E-state index contributed by atoms with van der Waals surface area (Å²) in [6.45, 7) is 4.57. The smallest absolute Gasteiger partial charge is 0.224 e. The second-order valence-corrected chi connectivity index (χ2v) is 6.88. The van der Waals surface area contributed by atoms with Crippen LogP contribution in [-0.2, 0) is 24.9 Å². The van der Waals surface area contributed by atoms with Crippen molar-refractivity contribution in [3.63, 3.8) is 0 Å². The number of carbonyl (C=O) groups excluding carboxylic acids is 1. The Balaban J connectivity index is 1.48. The normalized spacial score (nSPS) is 23.9. The number of aromatic nitrogens is 3. The lowest BCUT2D eigenvalue weighted by molar-refractivity contribution is -0.129. The Morgan fingerprint density at radius 1 is 1.29 bits per heavy atom. The van der Waals surface area contributed by atoms with Crippen LogP contribution in [0.25, 0.3) is 0 Å². The minimum atomic E-state index is 0.264. The molecule has 24 heavy (non-hydrogen) atoms. The number of hydrogen-bond donors (Lipinski definition) is 0. The average molecular weight is 325 g/mol. The third kappa shape index (κ3) is 2.71. The zero-order valence-corrected chi connectivity index (χ0v) is 14.2. The van der Waals surface area contributed by atoms with E-state index in [9.17, 15) is 4.79 Å². The highest BCUT2D eigenvalue weighted by molar-refractivity contribution is 5.80. The summed E-state index contributed by atoms with van der Waals surface area (Å²) < 4.78 is 1.89. The van der Waals surface area contributed by atoms with Gasteiger partial charge in [-0.1, -0.05) is 6.07 Å². The number of aryl methyl sites for hydroxylation is 2. The summed E-state index contributed by atoms with van der Waals surface area (Å²) in [6.07, 6.45) is 5.39. The zero-order valence-electron chi connectivity index (χ0n) is 14.2. The van der Waals surface area contributed by atoms with Crippen molar-refractivity contribution in [1.82, 2.24) is 24.6 Å². The molecule has 0 spiro atoms. The van der Waals surface area contributed by atoms with Crippen molar-refractivity contribution in [2.24, 2.45) is 7.05 Å². The van der Waals surface area contributed by atoms with Crippen LogP contribution < -0.4 is 0 Å². The van der Waals surface area contributed by atoms with E-state index in [2.05, 4.69) is 32.0 Å². The number of nitrogens with zero attached hydrogens (tertiary/aromatic N) is 5. The molecule has 0 radical (unpaired) electrons. The number of likely N-dealkylation sites (tertiary alicyclic amines) is 2. The molecule has 0 unspecified atom stereocenters. The van der Waals surface area contributed by atoms with Gasteiger partial charge in [-0.05, 0) is 31.0 Å². The highest BCUT2D eigenvalue weighted by atomic mass is 16.2. The lowest BCUT2D eigenvalue weighted by Crippen LogP contribution is -2.37. The summed E-state index contributed by atoms with van der Waals surface area (Å²) in [5.41, 5.74) is 3.32. The van der Waals surface area contributed by atoms with Gasteiger partial charge in [-0.3, -0.25) is 19.4 Å². The summed E-state index contributed by atoms with van der Waals surface area (Å²) in [4.78, 5) is 21.3. The van der Waals surface area contributed by atoms with E-state index >= 15 is 0 Å². The molecule has 2 aliphatic rings. The Kier molecular flexibility index (Phi) is 3.84. The maximum absolute atomic E-state index is 12.6. The standard InChI is InChI=1S/C18H23N5O/c1-13-8-15(21(2)20-13)12-23-16-5-7-22(17(16)9-18(23)24)11-14-4-3-6-19-10-14/h3-4,6,8,10,16-17H,5,7,9,11-12H2,1-2H3/t16-,17-/m0/s1. The van der Waals surface area contributed by atoms with Gasteiger partial charge < -0.3 is 4.90 Å². The molecule has 2 aromatic heterocycles. The number of carbonyl (C=O) groups is 1. The fourth-order valence-corrected chi connectivity index (χ4v) is 4.12. The van der Waals surface area contributed by atoms with Crippen molar-refractivity contribution in [3.8, 4) is 0 Å². The fraction of sp³-hybridized carbons (Fsp3) is 0.500. The Bertz CT molecular complexity index is 741. The third-order valence-electron chi connectivity index (χ3n) is 5.27. The highest BCUT2D eigenvalue weighted by Crippen LogP contribution is 2.34. The maximum atomic E-state index is 12.6. The molecule has 2 fully saturated rings. The van der Waals surface area contributed by atoms with Gasteiger partial charge in [-0.2, -0.15) is 5.10 Å². The molecule has 6 nitrogen and oxygen atoms in total. The van der Waals surface area contributed by atoms with Gasteiger partial charge in [0.15, 0.2) is 0 Å². The zero-order chi connectivity index (χ0) is 16.7. The van der Waals surface area contributed by atoms with Crippen LogP contribution in [0.5, 0.6) is 0 Å². The van der Waals surface area contributed by atoms with Gasteiger partial charge in [0.2, 0.25) is 5.91 Å². The molecule has 2 aliphatic heterocycles. The van der Waals surface area contributed by atoms with Crippen LogP contribution in [0, 0.1) is 6.92 Å². The summed E-state index contributed by atoms with van der Waals surface area (Å²) >= 11 is 0. The molecule has 0 aliphatic carbocycles. The minimum Gasteiger partial charge on any atom is -0.332 e. The largest absolute Gasteiger partial charge is 0.332 e. The average Bonchev–Trinajstić information content (AvgIpc) is 3.18. The SMILES string of the molecule is Cc1cc(CN2C(=O)C[C@H]3[C@@H]2CCN3Cc2cccnc2)n(C)n1. The number of hydrogen-bond acceptors (Lipinski definition) is 4. The van der Waals surface area contributed by atoms with Gasteiger partial charge >= 0.3 is 0 Å². The number of pyridine rings is 1. The monoisotopic (exact) mass is 325 g/mol. The lowest BCUT2D eigenvalue weighted by Gasteiger charge is -2.25. The molecule has 126 valence electrons. The molecule has 0 saturated carbocycles. The topological polar surface area (TPSA) is 54.3 Å². The first-order valence-corrected chi connectivity index (χ1v) is 8.54. The molecule has 2 aromatic rings. The van der Waals surface area contributed by atoms with Gasteiger partial charge in [-0.15, -0.1) is 0 Å². The Morgan fingerprint density at radius 2 is 2.17 bits per heavy atom. The molecular weight excluding hydrogens is 302 g/mol. The number of amides is 1. The van der Waals surface area contributed by atoms with Crippen LogP contribution in [0.3, 0.4) is 0 Å². The van der Waals surface area contributed by atoms with E-state index in [0.29, 0.717) is 25.0 Å². The van der Waals surface area contributed by atoms with Crippen LogP contribution in [0.15, 0.2) is 30.6 Å². The van der Waals surface area contributed by atoms with Gasteiger partial charge in [-0.25, -0.2) is 0 Å². The van der Waals surface area contributed by atoms with E-state index in [1.165, 1.54) is 5.56 Å². The summed E-state index contributed by atoms with van der Waals surface area (Å²) in [6, 6.07) is 6.80. The van der Waals surface area contributed by atoms with Crippen LogP contribution in [-0.4, -0.2) is 49.1 Å². The van der Waals surface area contributed by atoms with Gasteiger partial charge in [0, 0.05) is 51.0 Å². The fourth-order valence-electron chi connectivity index (χ4n) is 4.12. The van der Waals surface area contributed by atoms with Crippen molar-refractivity contribution >= 4 is 5.91 Å². The van der Waals surface area contributed by atoms with Crippen LogP contribution in [0.1, 0.15) is 29.8 Å². The second kappa shape index (κ2) is 6.02. The molecule has 6 heteroatoms. The van der Waals surface area contributed by atoms with E-state index in [-0.39, 0.29) is 5.91 Å². The molecule has 2 atom stereocenters. The Morgan fingerprint density at radius 3 is 2.88 bits per heavy atom. The first-order chi connectivity index (χ1) is 11.6. The number of fused-ring (bicyclic) bond motifs is 1. The van der Waals surface area contributed by atoms with E-state index in [1.807, 2.05) is 30.9 Å². The summed E-state index contributed by atoms with van der Waals surface area (Å²) in [5, 5.41) is 4.40. The van der Waals surface area contributed by atoms with Crippen LogP contribution >= 0.6 is 0 Å². The second-order valence-electron chi connectivity index (χ2n) is 6.88. The van der Waals surface area contributed by atoms with Gasteiger partial charge in [0.25, 0.3) is 0 Å². The Hall–Kier alpha value is -2.21. The van der Waals surface area contributed by atoms with E-state index < -0.39 is 0 Å². The summed E-state index contributed by atoms with van der Waals surface area (Å²) in [5.74, 6) is 0.264. The first kappa shape index (κ1) is 15.3. The van der Waals surface area contributed by atoms with Crippen molar-refractivity contribution in [3.05, 3.63) is 47.5 Å². The maximum Gasteiger partial charge on any atom is 0.224 e. The van der Waals surface area contributed by atoms with Crippen molar-refractivity contribution in [2.45, 2.75) is 44.9 Å². The van der Waals surface area contributed by atoms with E-state index in [4.69, 9.17) is 0 Å². The minimum absolute atomic E-state index is 0.264. The first-order valence-electron chi connectivity index (χ1n) is 8.54. The summed E-state index contributed by atoms with van der Waals surface area (Å²) in [7, 11) is 1.95. The third-order valence-corrected chi connectivity index (χ3v) is 5.27. The highest BCUT2D eigenvalue weighted by Gasteiger charge is 2.46. The molecule has 0 bridgehead atoms. The molecule has 4 rings (SSSR count). The van der Waals surface area contributed by atoms with E-state index in [0.717, 1.165) is 30.9 Å². The lowest BCUT2D eigenvalue weighted by atomic mass is 10.1. The molecule has 4 heterocycles. The van der Waals surface area contributed by atoms with Gasteiger partial charge in [0.05, 0.1) is 17.9 Å². The quantitative estimate of drug-likeness (QED) is 0.855. The van der Waals surface area contributed by atoms with Crippen LogP contribution in [0.2, 0.25) is 0 Å². The van der Waals surface area contributed by atoms with Crippen molar-refractivity contribution < 1.29 is 4.79 Å². The Labute approximate surface area is 142 Å². The van der Waals surface area contributed by atoms with Gasteiger partial charge in [0.1, 0.15) is 0 Å². The molecule has 2 saturated heterocycles. The predicted octanol–water partition coefficient (Wildman–Crippen LogP) is 1.50. The molecular formula is C18H23N5O. The number of rotatable bonds is 4. The predicted molar refractivity (Wildman–Crippen MR) is 90.0 cm³/mol. The molecule has 0 N–H and O–H groups in total. The van der Waals surface area contributed by atoms with Crippen molar-refractivity contribution in [1.29, 1.82) is 0 Å².